The number of thioether (sulfide) groups is 1. The topological polar surface area (TPSA) is 32.3 Å². The van der Waals surface area contributed by atoms with Gasteiger partial charge in [0.05, 0.1) is 6.10 Å². The lowest BCUT2D eigenvalue weighted by atomic mass is 10.2. The molecule has 1 rings (SSSR count). The molecule has 0 aromatic heterocycles. The van der Waals surface area contributed by atoms with E-state index in [2.05, 4.69) is 5.32 Å². The molecule has 0 aromatic rings. The third-order valence-electron chi connectivity index (χ3n) is 1.63. The standard InChI is InChI=1S/C7H15NOS/c1-6(9)2-3-8-7-4-10-5-7/h6-9H,2-5H2,1H3/t6-/m1/s1. The van der Waals surface area contributed by atoms with Crippen molar-refractivity contribution in [1.29, 1.82) is 0 Å². The van der Waals surface area contributed by atoms with Gasteiger partial charge in [-0.15, -0.1) is 0 Å². The molecule has 1 atom stereocenters. The largest absolute Gasteiger partial charge is 0.393 e. The molecule has 0 aromatic carbocycles. The van der Waals surface area contributed by atoms with E-state index in [1.165, 1.54) is 11.5 Å². The molecule has 1 saturated heterocycles. The molecule has 10 heavy (non-hydrogen) atoms. The van der Waals surface area contributed by atoms with Crippen LogP contribution in [0.4, 0.5) is 0 Å². The highest BCUT2D eigenvalue weighted by Crippen LogP contribution is 2.16. The van der Waals surface area contributed by atoms with Gasteiger partial charge in [0, 0.05) is 17.5 Å². The molecule has 0 bridgehead atoms. The highest BCUT2D eigenvalue weighted by atomic mass is 32.2. The Morgan fingerprint density at radius 2 is 2.40 bits per heavy atom. The third-order valence-corrected chi connectivity index (χ3v) is 2.91. The number of aliphatic hydroxyl groups excluding tert-OH is 1. The van der Waals surface area contributed by atoms with Gasteiger partial charge in [-0.05, 0) is 19.9 Å². The Morgan fingerprint density at radius 1 is 1.70 bits per heavy atom. The second kappa shape index (κ2) is 4.21. The number of aliphatic hydroxyl groups is 1. The van der Waals surface area contributed by atoms with E-state index in [1.807, 2.05) is 18.7 Å². The zero-order valence-corrected chi connectivity index (χ0v) is 7.16. The van der Waals surface area contributed by atoms with Gasteiger partial charge in [0.2, 0.25) is 0 Å². The van der Waals surface area contributed by atoms with Gasteiger partial charge < -0.3 is 10.4 Å². The van der Waals surface area contributed by atoms with Gasteiger partial charge in [-0.1, -0.05) is 0 Å². The quantitative estimate of drug-likeness (QED) is 0.628. The molecule has 1 fully saturated rings. The second-order valence-electron chi connectivity index (χ2n) is 2.83. The summed E-state index contributed by atoms with van der Waals surface area (Å²) in [5.41, 5.74) is 0. The summed E-state index contributed by atoms with van der Waals surface area (Å²) in [6.45, 7) is 2.79. The second-order valence-corrected chi connectivity index (χ2v) is 3.90. The van der Waals surface area contributed by atoms with E-state index in [9.17, 15) is 0 Å². The molecule has 0 spiro atoms. The van der Waals surface area contributed by atoms with Crippen molar-refractivity contribution in [2.24, 2.45) is 0 Å². The molecule has 2 N–H and O–H groups in total. The van der Waals surface area contributed by atoms with E-state index in [1.54, 1.807) is 0 Å². The first-order valence-corrected chi connectivity index (χ1v) is 4.93. The van der Waals surface area contributed by atoms with Gasteiger partial charge >= 0.3 is 0 Å². The maximum absolute atomic E-state index is 8.91. The molecule has 1 heterocycles. The normalized spacial score (nSPS) is 22.2. The van der Waals surface area contributed by atoms with Crippen molar-refractivity contribution in [1.82, 2.24) is 5.32 Å². The van der Waals surface area contributed by atoms with Crippen LogP contribution in [-0.2, 0) is 0 Å². The van der Waals surface area contributed by atoms with Crippen molar-refractivity contribution in [3.8, 4) is 0 Å². The van der Waals surface area contributed by atoms with Gasteiger partial charge in [0.1, 0.15) is 0 Å². The summed E-state index contributed by atoms with van der Waals surface area (Å²) in [5, 5.41) is 12.3. The van der Waals surface area contributed by atoms with E-state index in [4.69, 9.17) is 5.11 Å². The molecule has 0 unspecified atom stereocenters. The van der Waals surface area contributed by atoms with E-state index in [0.29, 0.717) is 0 Å². The van der Waals surface area contributed by atoms with Crippen molar-refractivity contribution in [3.63, 3.8) is 0 Å². The zero-order valence-electron chi connectivity index (χ0n) is 6.34. The predicted molar refractivity (Wildman–Crippen MR) is 45.4 cm³/mol. The highest BCUT2D eigenvalue weighted by molar-refractivity contribution is 8.00. The highest BCUT2D eigenvalue weighted by Gasteiger charge is 2.16. The lowest BCUT2D eigenvalue weighted by Crippen LogP contribution is -2.41. The number of hydrogen-bond acceptors (Lipinski definition) is 3. The molecule has 1 aliphatic rings. The van der Waals surface area contributed by atoms with Crippen LogP contribution in [0.2, 0.25) is 0 Å². The fourth-order valence-corrected chi connectivity index (χ4v) is 1.56. The Hall–Kier alpha value is 0.270. The first-order chi connectivity index (χ1) is 4.79. The van der Waals surface area contributed by atoms with Crippen LogP contribution >= 0.6 is 11.8 Å². The van der Waals surface area contributed by atoms with Crippen molar-refractivity contribution in [3.05, 3.63) is 0 Å². The summed E-state index contributed by atoms with van der Waals surface area (Å²) in [4.78, 5) is 0. The summed E-state index contributed by atoms with van der Waals surface area (Å²) < 4.78 is 0. The molecule has 2 nitrogen and oxygen atoms in total. The minimum Gasteiger partial charge on any atom is -0.393 e. The average Bonchev–Trinajstić information content (AvgIpc) is 1.75. The van der Waals surface area contributed by atoms with Crippen molar-refractivity contribution in [2.45, 2.75) is 25.5 Å². The Bertz CT molecular complexity index is 93.6. The van der Waals surface area contributed by atoms with Crippen LogP contribution < -0.4 is 5.32 Å². The first kappa shape index (κ1) is 8.37. The molecule has 1 aliphatic heterocycles. The van der Waals surface area contributed by atoms with E-state index in [-0.39, 0.29) is 6.10 Å². The first-order valence-electron chi connectivity index (χ1n) is 3.78. The number of nitrogens with one attached hydrogen (secondary N) is 1. The molecule has 0 amide bonds. The van der Waals surface area contributed by atoms with Crippen LogP contribution in [0.3, 0.4) is 0 Å². The molecule has 60 valence electrons. The Kier molecular flexibility index (Phi) is 3.52. The van der Waals surface area contributed by atoms with Crippen LogP contribution in [0, 0.1) is 0 Å². The van der Waals surface area contributed by atoms with Crippen molar-refractivity contribution >= 4 is 11.8 Å². The lowest BCUT2D eigenvalue weighted by Gasteiger charge is -2.26. The maximum atomic E-state index is 8.91. The van der Waals surface area contributed by atoms with Gasteiger partial charge in [0.25, 0.3) is 0 Å². The monoisotopic (exact) mass is 161 g/mol. The summed E-state index contributed by atoms with van der Waals surface area (Å²) in [6.07, 6.45) is 0.724. The Balaban J connectivity index is 1.85. The Labute approximate surface area is 66.4 Å². The minimum atomic E-state index is -0.153. The smallest absolute Gasteiger partial charge is 0.0524 e. The molecular weight excluding hydrogens is 146 g/mol. The molecule has 0 radical (unpaired) electrons. The van der Waals surface area contributed by atoms with Crippen LogP contribution in [0.1, 0.15) is 13.3 Å². The van der Waals surface area contributed by atoms with Gasteiger partial charge in [-0.3, -0.25) is 0 Å². The van der Waals surface area contributed by atoms with Gasteiger partial charge in [-0.2, -0.15) is 11.8 Å². The summed E-state index contributed by atoms with van der Waals surface area (Å²) in [7, 11) is 0. The van der Waals surface area contributed by atoms with Crippen molar-refractivity contribution in [2.75, 3.05) is 18.1 Å². The summed E-state index contributed by atoms with van der Waals surface area (Å²) in [5.74, 6) is 2.50. The van der Waals surface area contributed by atoms with E-state index >= 15 is 0 Å². The third kappa shape index (κ3) is 2.90. The van der Waals surface area contributed by atoms with Crippen molar-refractivity contribution < 1.29 is 5.11 Å². The van der Waals surface area contributed by atoms with E-state index < -0.39 is 0 Å². The van der Waals surface area contributed by atoms with E-state index in [0.717, 1.165) is 19.0 Å². The lowest BCUT2D eigenvalue weighted by molar-refractivity contribution is 0.183. The van der Waals surface area contributed by atoms with Crippen LogP contribution in [-0.4, -0.2) is 35.3 Å². The van der Waals surface area contributed by atoms with Gasteiger partial charge in [0.15, 0.2) is 0 Å². The van der Waals surface area contributed by atoms with Crippen LogP contribution in [0.25, 0.3) is 0 Å². The Morgan fingerprint density at radius 3 is 2.80 bits per heavy atom. The average molecular weight is 161 g/mol. The summed E-state index contributed by atoms with van der Waals surface area (Å²) in [6, 6.07) is 0.726. The fraction of sp³-hybridized carbons (Fsp3) is 1.00. The van der Waals surface area contributed by atoms with Crippen LogP contribution in [0.5, 0.6) is 0 Å². The number of rotatable bonds is 4. The zero-order chi connectivity index (χ0) is 7.40. The predicted octanol–water partition coefficient (Wildman–Crippen LogP) is 0.462. The molecule has 3 heteroatoms. The molecule has 0 aliphatic carbocycles. The van der Waals surface area contributed by atoms with Crippen LogP contribution in [0.15, 0.2) is 0 Å². The summed E-state index contributed by atoms with van der Waals surface area (Å²) >= 11 is 1.98. The fourth-order valence-electron chi connectivity index (χ4n) is 0.850. The minimum absolute atomic E-state index is 0.153. The van der Waals surface area contributed by atoms with Gasteiger partial charge in [-0.25, -0.2) is 0 Å². The molecule has 0 saturated carbocycles. The number of hydrogen-bond donors (Lipinski definition) is 2. The molecular formula is C7H15NOS. The SMILES string of the molecule is C[C@@H](O)CCNC1CSC1. The maximum Gasteiger partial charge on any atom is 0.0524 e.